The van der Waals surface area contributed by atoms with Crippen LogP contribution in [-0.2, 0) is 4.79 Å². The number of hydrogen-bond acceptors (Lipinski definition) is 3. The Morgan fingerprint density at radius 1 is 1.05 bits per heavy atom. The fraction of sp³-hybridized carbons (Fsp3) is 0.588. The van der Waals surface area contributed by atoms with Crippen molar-refractivity contribution >= 4 is 23.2 Å². The summed E-state index contributed by atoms with van der Waals surface area (Å²) in [4.78, 5) is 12.0. The monoisotopic (exact) mass is 327 g/mol. The molecule has 0 aliphatic rings. The molecule has 0 heterocycles. The highest BCUT2D eigenvalue weighted by Gasteiger charge is 2.12. The second-order valence-electron chi connectivity index (χ2n) is 5.25. The SMILES string of the molecule is CCCCCCCCC(=O)Nc1cc(OC)c(Cl)cc1OC. The predicted molar refractivity (Wildman–Crippen MR) is 91.2 cm³/mol. The average molecular weight is 328 g/mol. The first-order valence-electron chi connectivity index (χ1n) is 7.83. The third-order valence-electron chi connectivity index (χ3n) is 3.51. The number of carbonyl (C=O) groups is 1. The molecule has 1 amide bonds. The molecule has 0 radical (unpaired) electrons. The summed E-state index contributed by atoms with van der Waals surface area (Å²) in [5.74, 6) is 1.03. The number of ether oxygens (including phenoxy) is 2. The number of anilines is 1. The number of rotatable bonds is 10. The molecule has 0 unspecified atom stereocenters. The van der Waals surface area contributed by atoms with Crippen molar-refractivity contribution in [3.8, 4) is 11.5 Å². The van der Waals surface area contributed by atoms with Crippen molar-refractivity contribution in [1.82, 2.24) is 0 Å². The molecule has 22 heavy (non-hydrogen) atoms. The average Bonchev–Trinajstić information content (AvgIpc) is 2.52. The number of nitrogens with one attached hydrogen (secondary N) is 1. The van der Waals surface area contributed by atoms with Crippen LogP contribution in [0.4, 0.5) is 5.69 Å². The van der Waals surface area contributed by atoms with Crippen molar-refractivity contribution in [2.75, 3.05) is 19.5 Å². The third kappa shape index (κ3) is 6.14. The molecule has 1 aromatic rings. The smallest absolute Gasteiger partial charge is 0.224 e. The summed E-state index contributed by atoms with van der Waals surface area (Å²) in [5.41, 5.74) is 0.583. The zero-order chi connectivity index (χ0) is 16.4. The van der Waals surface area contributed by atoms with Crippen LogP contribution in [0.1, 0.15) is 51.9 Å². The zero-order valence-corrected chi connectivity index (χ0v) is 14.5. The van der Waals surface area contributed by atoms with Gasteiger partial charge in [0.25, 0.3) is 0 Å². The molecular formula is C17H26ClNO3. The van der Waals surface area contributed by atoms with Gasteiger partial charge in [-0.1, -0.05) is 50.6 Å². The molecule has 0 bridgehead atoms. The van der Waals surface area contributed by atoms with Crippen LogP contribution in [0, 0.1) is 0 Å². The highest BCUT2D eigenvalue weighted by Crippen LogP contribution is 2.35. The van der Waals surface area contributed by atoms with Crippen LogP contribution in [0.5, 0.6) is 11.5 Å². The van der Waals surface area contributed by atoms with E-state index in [-0.39, 0.29) is 5.91 Å². The lowest BCUT2D eigenvalue weighted by molar-refractivity contribution is -0.116. The fourth-order valence-corrected chi connectivity index (χ4v) is 2.47. The first-order valence-corrected chi connectivity index (χ1v) is 8.21. The Balaban J connectivity index is 2.49. The van der Waals surface area contributed by atoms with Crippen molar-refractivity contribution in [2.24, 2.45) is 0 Å². The van der Waals surface area contributed by atoms with Gasteiger partial charge in [0, 0.05) is 18.6 Å². The molecule has 0 aliphatic heterocycles. The highest BCUT2D eigenvalue weighted by molar-refractivity contribution is 6.32. The second-order valence-corrected chi connectivity index (χ2v) is 5.66. The third-order valence-corrected chi connectivity index (χ3v) is 3.80. The molecular weight excluding hydrogens is 302 g/mol. The lowest BCUT2D eigenvalue weighted by Crippen LogP contribution is -2.12. The maximum Gasteiger partial charge on any atom is 0.224 e. The summed E-state index contributed by atoms with van der Waals surface area (Å²) in [7, 11) is 3.08. The number of amides is 1. The van der Waals surface area contributed by atoms with Crippen LogP contribution in [0.25, 0.3) is 0 Å². The molecule has 1 N–H and O–H groups in total. The molecule has 1 aromatic carbocycles. The molecule has 1 rings (SSSR count). The van der Waals surface area contributed by atoms with Gasteiger partial charge >= 0.3 is 0 Å². The summed E-state index contributed by atoms with van der Waals surface area (Å²) in [6.07, 6.45) is 7.46. The van der Waals surface area contributed by atoms with Gasteiger partial charge in [0.1, 0.15) is 11.5 Å². The van der Waals surface area contributed by atoms with Crippen LogP contribution >= 0.6 is 11.6 Å². The number of methoxy groups -OCH3 is 2. The maximum atomic E-state index is 12.0. The number of hydrogen-bond donors (Lipinski definition) is 1. The lowest BCUT2D eigenvalue weighted by Gasteiger charge is -2.13. The summed E-state index contributed by atoms with van der Waals surface area (Å²) in [5, 5.41) is 3.31. The predicted octanol–water partition coefficient (Wildman–Crippen LogP) is 5.05. The van der Waals surface area contributed by atoms with E-state index in [1.54, 1.807) is 19.2 Å². The molecule has 124 valence electrons. The van der Waals surface area contributed by atoms with Crippen molar-refractivity contribution in [3.05, 3.63) is 17.2 Å². The summed E-state index contributed by atoms with van der Waals surface area (Å²) >= 11 is 6.04. The standard InChI is InChI=1S/C17H26ClNO3/c1-4-5-6-7-8-9-10-17(20)19-14-12-15(21-2)13(18)11-16(14)22-3/h11-12H,4-10H2,1-3H3,(H,19,20). The van der Waals surface area contributed by atoms with Gasteiger partial charge in [-0.2, -0.15) is 0 Å². The molecule has 0 spiro atoms. The number of carbonyl (C=O) groups excluding carboxylic acids is 1. The second kappa shape index (κ2) is 10.3. The van der Waals surface area contributed by atoms with E-state index in [0.29, 0.717) is 28.6 Å². The molecule has 0 aliphatic carbocycles. The highest BCUT2D eigenvalue weighted by atomic mass is 35.5. The Hall–Kier alpha value is -1.42. The van der Waals surface area contributed by atoms with E-state index in [9.17, 15) is 4.79 Å². The summed E-state index contributed by atoms with van der Waals surface area (Å²) in [6, 6.07) is 3.32. The van der Waals surface area contributed by atoms with Gasteiger partial charge in [0.2, 0.25) is 5.91 Å². The van der Waals surface area contributed by atoms with Crippen molar-refractivity contribution in [3.63, 3.8) is 0 Å². The van der Waals surface area contributed by atoms with E-state index < -0.39 is 0 Å². The minimum absolute atomic E-state index is 0.0156. The fourth-order valence-electron chi connectivity index (χ4n) is 2.24. The van der Waals surface area contributed by atoms with E-state index in [0.717, 1.165) is 12.8 Å². The first-order chi connectivity index (χ1) is 10.6. The van der Waals surface area contributed by atoms with E-state index in [1.807, 2.05) is 0 Å². The number of unbranched alkanes of at least 4 members (excludes halogenated alkanes) is 5. The van der Waals surface area contributed by atoms with Gasteiger partial charge in [-0.3, -0.25) is 4.79 Å². The van der Waals surface area contributed by atoms with Crippen molar-refractivity contribution in [2.45, 2.75) is 51.9 Å². The van der Waals surface area contributed by atoms with Gasteiger partial charge in [-0.15, -0.1) is 0 Å². The Bertz CT molecular complexity index is 477. The normalized spacial score (nSPS) is 10.4. The molecule has 0 saturated heterocycles. The summed E-state index contributed by atoms with van der Waals surface area (Å²) in [6.45, 7) is 2.20. The van der Waals surface area contributed by atoms with E-state index in [2.05, 4.69) is 12.2 Å². The van der Waals surface area contributed by atoms with Crippen LogP contribution in [0.2, 0.25) is 5.02 Å². The van der Waals surface area contributed by atoms with Gasteiger partial charge in [-0.25, -0.2) is 0 Å². The molecule has 0 fully saturated rings. The Morgan fingerprint density at radius 2 is 1.68 bits per heavy atom. The van der Waals surface area contributed by atoms with Gasteiger partial charge in [0.15, 0.2) is 0 Å². The maximum absolute atomic E-state index is 12.0. The Morgan fingerprint density at radius 3 is 2.32 bits per heavy atom. The molecule has 5 heteroatoms. The van der Waals surface area contributed by atoms with Crippen LogP contribution in [-0.4, -0.2) is 20.1 Å². The van der Waals surface area contributed by atoms with E-state index in [4.69, 9.17) is 21.1 Å². The number of benzene rings is 1. The van der Waals surface area contributed by atoms with Crippen LogP contribution in [0.15, 0.2) is 12.1 Å². The molecule has 0 atom stereocenters. The van der Waals surface area contributed by atoms with Crippen LogP contribution in [0.3, 0.4) is 0 Å². The summed E-state index contributed by atoms with van der Waals surface area (Å²) < 4.78 is 10.4. The van der Waals surface area contributed by atoms with E-state index >= 15 is 0 Å². The Kier molecular flexibility index (Phi) is 8.75. The van der Waals surface area contributed by atoms with Gasteiger partial charge in [0.05, 0.1) is 24.9 Å². The van der Waals surface area contributed by atoms with Crippen LogP contribution < -0.4 is 14.8 Å². The molecule has 0 saturated carbocycles. The van der Waals surface area contributed by atoms with Gasteiger partial charge in [-0.05, 0) is 6.42 Å². The lowest BCUT2D eigenvalue weighted by atomic mass is 10.1. The minimum atomic E-state index is -0.0156. The van der Waals surface area contributed by atoms with Gasteiger partial charge < -0.3 is 14.8 Å². The van der Waals surface area contributed by atoms with Crippen molar-refractivity contribution in [1.29, 1.82) is 0 Å². The van der Waals surface area contributed by atoms with E-state index in [1.165, 1.54) is 32.8 Å². The largest absolute Gasteiger partial charge is 0.495 e. The molecule has 0 aromatic heterocycles. The number of halogens is 1. The first kappa shape index (κ1) is 18.6. The topological polar surface area (TPSA) is 47.6 Å². The molecule has 4 nitrogen and oxygen atoms in total. The zero-order valence-electron chi connectivity index (χ0n) is 13.7. The minimum Gasteiger partial charge on any atom is -0.495 e. The Labute approximate surface area is 138 Å². The van der Waals surface area contributed by atoms with Crippen molar-refractivity contribution < 1.29 is 14.3 Å². The quantitative estimate of drug-likeness (QED) is 0.612.